The Kier molecular flexibility index (Phi) is 3.52. The minimum Gasteiger partial charge on any atom is -0.444 e. The summed E-state index contributed by atoms with van der Waals surface area (Å²) < 4.78 is 27.7. The second kappa shape index (κ2) is 4.24. The first-order valence-corrected chi connectivity index (χ1v) is 7.09. The third kappa shape index (κ3) is 3.66. The van der Waals surface area contributed by atoms with Gasteiger partial charge in [-0.15, -0.1) is 0 Å². The maximum Gasteiger partial charge on any atom is 0.410 e. The summed E-state index contributed by atoms with van der Waals surface area (Å²) >= 11 is 0. The fourth-order valence-corrected chi connectivity index (χ4v) is 3.34. The van der Waals surface area contributed by atoms with Gasteiger partial charge in [-0.05, 0) is 27.2 Å². The quantitative estimate of drug-likeness (QED) is 0.696. The molecule has 94 valence electrons. The number of hydrogen-bond acceptors (Lipinski definition) is 4. The SMILES string of the molecule is CN(C(=O)OC(C)(C)C)[C@H]1CCS(=O)(=O)C1. The number of sulfone groups is 1. The summed E-state index contributed by atoms with van der Waals surface area (Å²) in [7, 11) is -1.38. The Morgan fingerprint density at radius 2 is 1.94 bits per heavy atom. The van der Waals surface area contributed by atoms with Crippen LogP contribution >= 0.6 is 0 Å². The van der Waals surface area contributed by atoms with Crippen molar-refractivity contribution in [1.82, 2.24) is 4.90 Å². The summed E-state index contributed by atoms with van der Waals surface area (Å²) in [4.78, 5) is 13.1. The van der Waals surface area contributed by atoms with Crippen LogP contribution in [0.15, 0.2) is 0 Å². The molecule has 1 rings (SSSR count). The first kappa shape index (κ1) is 13.3. The minimum absolute atomic E-state index is 0.0444. The maximum atomic E-state index is 11.7. The maximum absolute atomic E-state index is 11.7. The first-order valence-electron chi connectivity index (χ1n) is 5.27. The molecule has 1 amide bonds. The number of carbonyl (C=O) groups excluding carboxylic acids is 1. The molecular formula is C10H19NO4S. The van der Waals surface area contributed by atoms with E-state index in [2.05, 4.69) is 0 Å². The Bertz CT molecular complexity index is 369. The molecule has 1 heterocycles. The molecule has 0 unspecified atom stereocenters. The van der Waals surface area contributed by atoms with Crippen molar-refractivity contribution in [1.29, 1.82) is 0 Å². The van der Waals surface area contributed by atoms with E-state index in [0.29, 0.717) is 6.42 Å². The molecule has 0 saturated carbocycles. The van der Waals surface area contributed by atoms with E-state index in [0.717, 1.165) is 0 Å². The van der Waals surface area contributed by atoms with Gasteiger partial charge in [0, 0.05) is 13.1 Å². The van der Waals surface area contributed by atoms with Crippen LogP contribution in [0.2, 0.25) is 0 Å². The van der Waals surface area contributed by atoms with Crippen molar-refractivity contribution in [2.45, 2.75) is 38.8 Å². The van der Waals surface area contributed by atoms with Crippen molar-refractivity contribution >= 4 is 15.9 Å². The Labute approximate surface area is 96.7 Å². The van der Waals surface area contributed by atoms with Gasteiger partial charge in [0.15, 0.2) is 9.84 Å². The van der Waals surface area contributed by atoms with Crippen molar-refractivity contribution in [3.63, 3.8) is 0 Å². The molecule has 5 nitrogen and oxygen atoms in total. The molecule has 0 bridgehead atoms. The lowest BCUT2D eigenvalue weighted by molar-refractivity contribution is 0.0241. The molecule has 1 saturated heterocycles. The first-order chi connectivity index (χ1) is 7.11. The number of ether oxygens (including phenoxy) is 1. The van der Waals surface area contributed by atoms with Crippen LogP contribution < -0.4 is 0 Å². The highest BCUT2D eigenvalue weighted by atomic mass is 32.2. The third-order valence-electron chi connectivity index (χ3n) is 2.44. The van der Waals surface area contributed by atoms with E-state index in [1.54, 1.807) is 27.8 Å². The van der Waals surface area contributed by atoms with E-state index in [4.69, 9.17) is 4.74 Å². The normalized spacial score (nSPS) is 24.1. The molecule has 0 aromatic rings. The topological polar surface area (TPSA) is 63.7 Å². The van der Waals surface area contributed by atoms with Crippen LogP contribution in [-0.4, -0.2) is 49.6 Å². The summed E-state index contributed by atoms with van der Waals surface area (Å²) in [6.45, 7) is 5.35. The number of rotatable bonds is 1. The van der Waals surface area contributed by atoms with Gasteiger partial charge in [-0.2, -0.15) is 0 Å². The highest BCUT2D eigenvalue weighted by Gasteiger charge is 2.34. The van der Waals surface area contributed by atoms with Gasteiger partial charge in [-0.3, -0.25) is 0 Å². The number of hydrogen-bond donors (Lipinski definition) is 0. The van der Waals surface area contributed by atoms with Crippen LogP contribution in [0.5, 0.6) is 0 Å². The molecule has 0 aromatic carbocycles. The molecule has 0 N–H and O–H groups in total. The Morgan fingerprint density at radius 3 is 2.31 bits per heavy atom. The van der Waals surface area contributed by atoms with Gasteiger partial charge in [0.05, 0.1) is 11.5 Å². The van der Waals surface area contributed by atoms with Gasteiger partial charge in [-0.1, -0.05) is 0 Å². The zero-order valence-corrected chi connectivity index (χ0v) is 11.0. The largest absolute Gasteiger partial charge is 0.444 e. The van der Waals surface area contributed by atoms with Crippen LogP contribution in [0.3, 0.4) is 0 Å². The molecule has 1 atom stereocenters. The number of amides is 1. The predicted molar refractivity (Wildman–Crippen MR) is 61.1 cm³/mol. The van der Waals surface area contributed by atoms with Crippen LogP contribution in [0.1, 0.15) is 27.2 Å². The summed E-state index contributed by atoms with van der Waals surface area (Å²) in [5, 5.41) is 0. The lowest BCUT2D eigenvalue weighted by Crippen LogP contribution is -2.41. The van der Waals surface area contributed by atoms with Gasteiger partial charge in [0.1, 0.15) is 5.60 Å². The van der Waals surface area contributed by atoms with Gasteiger partial charge in [-0.25, -0.2) is 13.2 Å². The average Bonchev–Trinajstić information content (AvgIpc) is 2.41. The van der Waals surface area contributed by atoms with Gasteiger partial charge in [0.25, 0.3) is 0 Å². The standard InChI is InChI=1S/C10H19NO4S/c1-10(2,3)15-9(12)11(4)8-5-6-16(13,14)7-8/h8H,5-7H2,1-4H3/t8-/m0/s1. The third-order valence-corrected chi connectivity index (χ3v) is 4.19. The lowest BCUT2D eigenvalue weighted by atomic mass is 10.2. The van der Waals surface area contributed by atoms with Gasteiger partial charge >= 0.3 is 6.09 Å². The molecule has 1 aliphatic heterocycles. The van der Waals surface area contributed by atoms with Crippen molar-refractivity contribution in [2.75, 3.05) is 18.6 Å². The van der Waals surface area contributed by atoms with Gasteiger partial charge in [0.2, 0.25) is 0 Å². The zero-order valence-electron chi connectivity index (χ0n) is 10.2. The van der Waals surface area contributed by atoms with Crippen molar-refractivity contribution in [3.8, 4) is 0 Å². The number of nitrogens with zero attached hydrogens (tertiary/aromatic N) is 1. The summed E-state index contributed by atoms with van der Waals surface area (Å²) in [5.74, 6) is 0.202. The van der Waals surface area contributed by atoms with Crippen LogP contribution in [-0.2, 0) is 14.6 Å². The Balaban J connectivity index is 2.59. The average molecular weight is 249 g/mol. The van der Waals surface area contributed by atoms with E-state index < -0.39 is 21.5 Å². The van der Waals surface area contributed by atoms with E-state index in [1.807, 2.05) is 0 Å². The Morgan fingerprint density at radius 1 is 1.38 bits per heavy atom. The van der Waals surface area contributed by atoms with Crippen LogP contribution in [0, 0.1) is 0 Å². The molecule has 16 heavy (non-hydrogen) atoms. The monoisotopic (exact) mass is 249 g/mol. The lowest BCUT2D eigenvalue weighted by Gasteiger charge is -2.27. The summed E-state index contributed by atoms with van der Waals surface area (Å²) in [5.41, 5.74) is -0.553. The summed E-state index contributed by atoms with van der Waals surface area (Å²) in [6.07, 6.45) is 0.0348. The molecule has 6 heteroatoms. The number of carbonyl (C=O) groups is 1. The molecule has 0 radical (unpaired) electrons. The van der Waals surface area contributed by atoms with Crippen LogP contribution in [0.4, 0.5) is 4.79 Å². The van der Waals surface area contributed by atoms with E-state index in [9.17, 15) is 13.2 Å². The fraction of sp³-hybridized carbons (Fsp3) is 0.900. The molecular weight excluding hydrogens is 230 g/mol. The Hall–Kier alpha value is -0.780. The molecule has 0 spiro atoms. The van der Waals surface area contributed by atoms with Crippen molar-refractivity contribution < 1.29 is 17.9 Å². The van der Waals surface area contributed by atoms with E-state index in [1.165, 1.54) is 4.90 Å². The smallest absolute Gasteiger partial charge is 0.410 e. The fourth-order valence-electron chi connectivity index (χ4n) is 1.56. The zero-order chi connectivity index (χ0) is 12.6. The van der Waals surface area contributed by atoms with Crippen molar-refractivity contribution in [2.24, 2.45) is 0 Å². The van der Waals surface area contributed by atoms with E-state index in [-0.39, 0.29) is 17.5 Å². The molecule has 1 aliphatic rings. The molecule has 0 aromatic heterocycles. The second-order valence-electron chi connectivity index (χ2n) is 5.15. The molecule has 1 fully saturated rings. The molecule has 0 aliphatic carbocycles. The van der Waals surface area contributed by atoms with E-state index >= 15 is 0 Å². The summed E-state index contributed by atoms with van der Waals surface area (Å²) in [6, 6.07) is -0.250. The predicted octanol–water partition coefficient (Wildman–Crippen LogP) is 1.04. The highest BCUT2D eigenvalue weighted by molar-refractivity contribution is 7.91. The van der Waals surface area contributed by atoms with Gasteiger partial charge < -0.3 is 9.64 Å². The minimum atomic E-state index is -2.97. The van der Waals surface area contributed by atoms with Crippen molar-refractivity contribution in [3.05, 3.63) is 0 Å². The second-order valence-corrected chi connectivity index (χ2v) is 7.38. The highest BCUT2D eigenvalue weighted by Crippen LogP contribution is 2.18. The van der Waals surface area contributed by atoms with Crippen LogP contribution in [0.25, 0.3) is 0 Å².